The van der Waals surface area contributed by atoms with Crippen molar-refractivity contribution in [1.82, 2.24) is 9.88 Å². The van der Waals surface area contributed by atoms with Gasteiger partial charge in [0.2, 0.25) is 11.8 Å². The molecule has 1 aliphatic rings. The molecule has 31 heavy (non-hydrogen) atoms. The molecule has 7 heteroatoms. The number of carboxylic acid groups (broad SMARTS) is 1. The first-order valence-electron chi connectivity index (χ1n) is 10.2. The van der Waals surface area contributed by atoms with E-state index in [0.29, 0.717) is 43.2 Å². The molecule has 2 aromatic carbocycles. The van der Waals surface area contributed by atoms with Crippen molar-refractivity contribution in [3.63, 3.8) is 0 Å². The summed E-state index contributed by atoms with van der Waals surface area (Å²) < 4.78 is 11.7. The Balaban J connectivity index is 1.46. The number of hydrogen-bond donors (Lipinski definition) is 1. The summed E-state index contributed by atoms with van der Waals surface area (Å²) in [4.78, 5) is 29.7. The van der Waals surface area contributed by atoms with E-state index in [1.54, 1.807) is 6.07 Å². The average Bonchev–Trinajstić information content (AvgIpc) is 3.13. The molecule has 0 fully saturated rings. The third-order valence-corrected chi connectivity index (χ3v) is 5.51. The highest BCUT2D eigenvalue weighted by Crippen LogP contribution is 2.33. The highest BCUT2D eigenvalue weighted by atomic mass is 16.5. The van der Waals surface area contributed by atoms with Gasteiger partial charge in [-0.25, -0.2) is 9.78 Å². The van der Waals surface area contributed by atoms with Gasteiger partial charge in [-0.3, -0.25) is 4.79 Å². The Morgan fingerprint density at radius 2 is 2.00 bits per heavy atom. The number of hydrogen-bond acceptors (Lipinski definition) is 5. The van der Waals surface area contributed by atoms with Gasteiger partial charge in [-0.2, -0.15) is 0 Å². The van der Waals surface area contributed by atoms with Gasteiger partial charge in [0, 0.05) is 25.5 Å². The Morgan fingerprint density at radius 3 is 2.71 bits per heavy atom. The van der Waals surface area contributed by atoms with Crippen LogP contribution in [0.25, 0.3) is 11.5 Å². The number of fused-ring (bicyclic) bond motifs is 1. The van der Waals surface area contributed by atoms with Crippen LogP contribution in [0.4, 0.5) is 0 Å². The predicted octanol–water partition coefficient (Wildman–Crippen LogP) is 3.80. The minimum atomic E-state index is -1.04. The fourth-order valence-electron chi connectivity index (χ4n) is 3.92. The molecule has 0 radical (unpaired) electrons. The summed E-state index contributed by atoms with van der Waals surface area (Å²) >= 11 is 0. The zero-order chi connectivity index (χ0) is 22.0. The van der Waals surface area contributed by atoms with Gasteiger partial charge in [0.15, 0.2) is 6.04 Å². The number of benzene rings is 2. The Morgan fingerprint density at radius 1 is 1.23 bits per heavy atom. The lowest BCUT2D eigenvalue weighted by molar-refractivity contribution is -0.150. The van der Waals surface area contributed by atoms with E-state index in [1.807, 2.05) is 49.4 Å². The van der Waals surface area contributed by atoms with Gasteiger partial charge in [-0.1, -0.05) is 24.3 Å². The maximum absolute atomic E-state index is 11.9. The molecule has 160 valence electrons. The first-order chi connectivity index (χ1) is 14.9. The van der Waals surface area contributed by atoms with Crippen LogP contribution < -0.4 is 4.74 Å². The van der Waals surface area contributed by atoms with Crippen molar-refractivity contribution in [3.8, 4) is 17.2 Å². The van der Waals surface area contributed by atoms with E-state index in [0.717, 1.165) is 22.6 Å². The van der Waals surface area contributed by atoms with Gasteiger partial charge < -0.3 is 19.2 Å². The monoisotopic (exact) mass is 420 g/mol. The van der Waals surface area contributed by atoms with Crippen LogP contribution in [0.2, 0.25) is 0 Å². The second-order valence-electron chi connectivity index (χ2n) is 7.55. The van der Waals surface area contributed by atoms with Gasteiger partial charge >= 0.3 is 5.97 Å². The predicted molar refractivity (Wildman–Crippen MR) is 114 cm³/mol. The smallest absolute Gasteiger partial charge is 0.331 e. The zero-order valence-electron chi connectivity index (χ0n) is 17.5. The molecule has 0 saturated carbocycles. The van der Waals surface area contributed by atoms with Crippen molar-refractivity contribution in [1.29, 1.82) is 0 Å². The number of nitrogens with zero attached hydrogens (tertiary/aromatic N) is 2. The largest absolute Gasteiger partial charge is 0.493 e. The van der Waals surface area contributed by atoms with Crippen LogP contribution in [-0.4, -0.2) is 40.0 Å². The van der Waals surface area contributed by atoms with Crippen molar-refractivity contribution in [2.24, 2.45) is 0 Å². The van der Waals surface area contributed by atoms with Crippen LogP contribution in [0.1, 0.15) is 35.5 Å². The second kappa shape index (κ2) is 8.63. The normalized spacial score (nSPS) is 15.4. The summed E-state index contributed by atoms with van der Waals surface area (Å²) in [7, 11) is 0. The number of ether oxygens (including phenoxy) is 1. The van der Waals surface area contributed by atoms with Crippen molar-refractivity contribution < 1.29 is 23.8 Å². The van der Waals surface area contributed by atoms with E-state index < -0.39 is 12.0 Å². The first-order valence-corrected chi connectivity index (χ1v) is 10.2. The molecule has 3 aromatic rings. The maximum atomic E-state index is 11.9. The topological polar surface area (TPSA) is 92.9 Å². The number of oxazole rings is 1. The highest BCUT2D eigenvalue weighted by molar-refractivity contribution is 5.84. The lowest BCUT2D eigenvalue weighted by Crippen LogP contribution is -2.42. The van der Waals surface area contributed by atoms with E-state index in [4.69, 9.17) is 9.15 Å². The number of aromatic nitrogens is 1. The van der Waals surface area contributed by atoms with E-state index in [9.17, 15) is 14.7 Å². The Kier molecular flexibility index (Phi) is 5.75. The number of amides is 1. The standard InChI is InChI=1S/C24H24N2O5/c1-15-21(25-23(31-15)18-6-4-3-5-7-18)11-13-30-19-9-8-17-10-12-26(16(2)27)22(24(28)29)20(17)14-19/h3-9,14,22H,10-13H2,1-2H3,(H,28,29). The summed E-state index contributed by atoms with van der Waals surface area (Å²) in [5.74, 6) is 0.603. The number of carbonyl (C=O) groups is 2. The van der Waals surface area contributed by atoms with Crippen molar-refractivity contribution in [2.75, 3.05) is 13.2 Å². The van der Waals surface area contributed by atoms with Crippen molar-refractivity contribution >= 4 is 11.9 Å². The average molecular weight is 420 g/mol. The summed E-state index contributed by atoms with van der Waals surface area (Å²) in [6.45, 7) is 4.04. The van der Waals surface area contributed by atoms with Gasteiger partial charge in [0.25, 0.3) is 0 Å². The van der Waals surface area contributed by atoms with E-state index in [2.05, 4.69) is 4.98 Å². The lowest BCUT2D eigenvalue weighted by Gasteiger charge is -2.34. The first kappa shape index (κ1) is 20.7. The summed E-state index contributed by atoms with van der Waals surface area (Å²) in [5, 5.41) is 9.69. The summed E-state index contributed by atoms with van der Waals surface area (Å²) in [6, 6.07) is 14.2. The van der Waals surface area contributed by atoms with Gasteiger partial charge in [0.05, 0.1) is 12.3 Å². The number of aryl methyl sites for hydroxylation is 1. The van der Waals surface area contributed by atoms with Gasteiger partial charge in [0.1, 0.15) is 11.5 Å². The summed E-state index contributed by atoms with van der Waals surface area (Å²) in [6.07, 6.45) is 1.18. The minimum absolute atomic E-state index is 0.250. The molecule has 0 saturated heterocycles. The number of rotatable bonds is 6. The second-order valence-corrected chi connectivity index (χ2v) is 7.55. The van der Waals surface area contributed by atoms with Crippen molar-refractivity contribution in [3.05, 3.63) is 71.1 Å². The molecular weight excluding hydrogens is 396 g/mol. The molecule has 1 aliphatic heterocycles. The molecular formula is C24H24N2O5. The van der Waals surface area contributed by atoms with Crippen LogP contribution in [0.15, 0.2) is 52.9 Å². The molecule has 1 unspecified atom stereocenters. The highest BCUT2D eigenvalue weighted by Gasteiger charge is 2.34. The molecule has 0 spiro atoms. The zero-order valence-corrected chi connectivity index (χ0v) is 17.5. The van der Waals surface area contributed by atoms with Crippen molar-refractivity contribution in [2.45, 2.75) is 32.7 Å². The molecule has 1 N–H and O–H groups in total. The van der Waals surface area contributed by atoms with Gasteiger partial charge in [-0.15, -0.1) is 0 Å². The Bertz CT molecular complexity index is 1110. The number of aliphatic carboxylic acids is 1. The number of carboxylic acids is 1. The Labute approximate surface area is 180 Å². The third-order valence-electron chi connectivity index (χ3n) is 5.51. The lowest BCUT2D eigenvalue weighted by atomic mass is 9.92. The van der Waals surface area contributed by atoms with Crippen LogP contribution in [0.5, 0.6) is 5.75 Å². The minimum Gasteiger partial charge on any atom is -0.493 e. The molecule has 4 rings (SSSR count). The van der Waals surface area contributed by atoms with E-state index in [1.165, 1.54) is 11.8 Å². The SMILES string of the molecule is CC(=O)N1CCc2ccc(OCCc3nc(-c4ccccc4)oc3C)cc2C1C(=O)O. The molecule has 2 heterocycles. The van der Waals surface area contributed by atoms with Gasteiger partial charge in [-0.05, 0) is 48.7 Å². The van der Waals surface area contributed by atoms with E-state index in [-0.39, 0.29) is 5.91 Å². The third kappa shape index (κ3) is 4.30. The Hall–Kier alpha value is -3.61. The van der Waals surface area contributed by atoms with Crippen LogP contribution in [0, 0.1) is 6.92 Å². The molecule has 1 aromatic heterocycles. The van der Waals surface area contributed by atoms with E-state index >= 15 is 0 Å². The molecule has 1 amide bonds. The van der Waals surface area contributed by atoms with Crippen LogP contribution in [0.3, 0.4) is 0 Å². The fraction of sp³-hybridized carbons (Fsp3) is 0.292. The molecule has 1 atom stereocenters. The molecule has 0 aliphatic carbocycles. The van der Waals surface area contributed by atoms with Crippen LogP contribution >= 0.6 is 0 Å². The number of carbonyl (C=O) groups excluding carboxylic acids is 1. The molecule has 0 bridgehead atoms. The maximum Gasteiger partial charge on any atom is 0.331 e. The molecule has 7 nitrogen and oxygen atoms in total. The summed E-state index contributed by atoms with van der Waals surface area (Å²) in [5.41, 5.74) is 3.28. The fourth-order valence-corrected chi connectivity index (χ4v) is 3.92. The quantitative estimate of drug-likeness (QED) is 0.652. The van der Waals surface area contributed by atoms with Crippen LogP contribution in [-0.2, 0) is 22.4 Å².